The van der Waals surface area contributed by atoms with Gasteiger partial charge < -0.3 is 5.11 Å². The lowest BCUT2D eigenvalue weighted by atomic mass is 10.0. The molecule has 0 aliphatic carbocycles. The highest BCUT2D eigenvalue weighted by Crippen LogP contribution is 2.10. The van der Waals surface area contributed by atoms with Crippen molar-refractivity contribution in [1.29, 1.82) is 0 Å². The van der Waals surface area contributed by atoms with E-state index in [9.17, 15) is 5.11 Å². The van der Waals surface area contributed by atoms with Gasteiger partial charge in [-0.1, -0.05) is 29.3 Å². The maximum atomic E-state index is 9.19. The molecule has 1 aromatic carbocycles. The van der Waals surface area contributed by atoms with Gasteiger partial charge in [0.25, 0.3) is 0 Å². The lowest BCUT2D eigenvalue weighted by Gasteiger charge is -2.06. The van der Waals surface area contributed by atoms with Crippen molar-refractivity contribution in [3.05, 3.63) is 34.9 Å². The zero-order valence-electron chi connectivity index (χ0n) is 7.96. The lowest BCUT2D eigenvalue weighted by molar-refractivity contribution is 0.195. The summed E-state index contributed by atoms with van der Waals surface area (Å²) in [5, 5.41) is 9.19. The second-order valence-corrected chi connectivity index (χ2v) is 3.55. The molecule has 0 unspecified atom stereocenters. The third kappa shape index (κ3) is 2.67. The van der Waals surface area contributed by atoms with E-state index in [0.29, 0.717) is 0 Å². The van der Waals surface area contributed by atoms with Gasteiger partial charge in [0.05, 0.1) is 6.10 Å². The number of aliphatic hydroxyl groups excluding tert-OH is 1. The Hall–Kier alpha value is -0.820. The average molecular weight is 164 g/mol. The van der Waals surface area contributed by atoms with Gasteiger partial charge in [-0.2, -0.15) is 0 Å². The Morgan fingerprint density at radius 1 is 1.17 bits per heavy atom. The smallest absolute Gasteiger partial charge is 0.0552 e. The predicted octanol–water partition coefficient (Wildman–Crippen LogP) is 2.23. The molecule has 0 amide bonds. The molecule has 1 nitrogen and oxygen atoms in total. The highest BCUT2D eigenvalue weighted by Gasteiger charge is 1.99. The molecule has 0 fully saturated rings. The molecule has 1 atom stereocenters. The molecule has 1 N–H and O–H groups in total. The van der Waals surface area contributed by atoms with Crippen LogP contribution in [-0.4, -0.2) is 11.2 Å². The first kappa shape index (κ1) is 9.27. The van der Waals surface area contributed by atoms with E-state index in [4.69, 9.17) is 0 Å². The van der Waals surface area contributed by atoms with Crippen LogP contribution in [0.4, 0.5) is 0 Å². The quantitative estimate of drug-likeness (QED) is 0.710. The average Bonchev–Trinajstić information content (AvgIpc) is 1.81. The summed E-state index contributed by atoms with van der Waals surface area (Å²) >= 11 is 0. The predicted molar refractivity (Wildman–Crippen MR) is 51.3 cm³/mol. The number of aliphatic hydroxyl groups is 1. The van der Waals surface area contributed by atoms with Crippen molar-refractivity contribution in [1.82, 2.24) is 0 Å². The van der Waals surface area contributed by atoms with E-state index in [1.54, 1.807) is 0 Å². The van der Waals surface area contributed by atoms with Crippen LogP contribution in [0, 0.1) is 13.8 Å². The molecule has 0 spiro atoms. The van der Waals surface area contributed by atoms with E-state index in [1.165, 1.54) is 16.7 Å². The van der Waals surface area contributed by atoms with Crippen LogP contribution in [-0.2, 0) is 6.42 Å². The summed E-state index contributed by atoms with van der Waals surface area (Å²) in [7, 11) is 0. The van der Waals surface area contributed by atoms with Crippen molar-refractivity contribution < 1.29 is 5.11 Å². The fraction of sp³-hybridized carbons (Fsp3) is 0.455. The van der Waals surface area contributed by atoms with Crippen LogP contribution in [0.25, 0.3) is 0 Å². The van der Waals surface area contributed by atoms with Gasteiger partial charge in [0, 0.05) is 0 Å². The Morgan fingerprint density at radius 2 is 1.67 bits per heavy atom. The SMILES string of the molecule is Cc1cc(C)cc(C[C@H](C)O)c1. The fourth-order valence-electron chi connectivity index (χ4n) is 1.53. The van der Waals surface area contributed by atoms with Crippen molar-refractivity contribution in [2.45, 2.75) is 33.3 Å². The highest BCUT2D eigenvalue weighted by molar-refractivity contribution is 5.28. The maximum absolute atomic E-state index is 9.19. The summed E-state index contributed by atoms with van der Waals surface area (Å²) in [4.78, 5) is 0. The van der Waals surface area contributed by atoms with Gasteiger partial charge in [-0.3, -0.25) is 0 Å². The third-order valence-corrected chi connectivity index (χ3v) is 1.81. The molecule has 0 aliphatic rings. The van der Waals surface area contributed by atoms with Gasteiger partial charge in [-0.05, 0) is 32.8 Å². The molecule has 0 saturated carbocycles. The van der Waals surface area contributed by atoms with Crippen LogP contribution < -0.4 is 0 Å². The van der Waals surface area contributed by atoms with Crippen molar-refractivity contribution >= 4 is 0 Å². The molecule has 0 heterocycles. The standard InChI is InChI=1S/C11H16O/c1-8-4-9(2)6-11(5-8)7-10(3)12/h4-6,10,12H,7H2,1-3H3/t10-/m0/s1. The summed E-state index contributed by atoms with van der Waals surface area (Å²) in [6.07, 6.45) is 0.508. The number of hydrogen-bond acceptors (Lipinski definition) is 1. The van der Waals surface area contributed by atoms with Crippen molar-refractivity contribution in [2.75, 3.05) is 0 Å². The molecule has 1 aromatic rings. The Labute approximate surface area is 74.1 Å². The number of hydrogen-bond donors (Lipinski definition) is 1. The molecule has 0 aromatic heterocycles. The van der Waals surface area contributed by atoms with E-state index < -0.39 is 0 Å². The monoisotopic (exact) mass is 164 g/mol. The van der Waals surface area contributed by atoms with Crippen LogP contribution in [0.2, 0.25) is 0 Å². The molecule has 1 heteroatoms. The molecule has 0 saturated heterocycles. The number of rotatable bonds is 2. The molecule has 66 valence electrons. The van der Waals surface area contributed by atoms with Gasteiger partial charge in [-0.15, -0.1) is 0 Å². The van der Waals surface area contributed by atoms with Gasteiger partial charge in [0.1, 0.15) is 0 Å². The van der Waals surface area contributed by atoms with Crippen LogP contribution >= 0.6 is 0 Å². The van der Waals surface area contributed by atoms with Crippen LogP contribution in [0.3, 0.4) is 0 Å². The van der Waals surface area contributed by atoms with Gasteiger partial charge >= 0.3 is 0 Å². The zero-order chi connectivity index (χ0) is 9.14. The third-order valence-electron chi connectivity index (χ3n) is 1.81. The van der Waals surface area contributed by atoms with Gasteiger partial charge in [0.2, 0.25) is 0 Å². The van der Waals surface area contributed by atoms with Crippen LogP contribution in [0.1, 0.15) is 23.6 Å². The van der Waals surface area contributed by atoms with Gasteiger partial charge in [0.15, 0.2) is 0 Å². The molecule has 0 bridgehead atoms. The Morgan fingerprint density at radius 3 is 2.08 bits per heavy atom. The minimum Gasteiger partial charge on any atom is -0.393 e. The van der Waals surface area contributed by atoms with E-state index in [2.05, 4.69) is 32.0 Å². The topological polar surface area (TPSA) is 20.2 Å². The zero-order valence-corrected chi connectivity index (χ0v) is 7.96. The Kier molecular flexibility index (Phi) is 2.88. The minimum absolute atomic E-state index is 0.244. The maximum Gasteiger partial charge on any atom is 0.0552 e. The molecule has 12 heavy (non-hydrogen) atoms. The summed E-state index contributed by atoms with van der Waals surface area (Å²) in [5.41, 5.74) is 3.76. The first-order valence-electron chi connectivity index (χ1n) is 4.33. The summed E-state index contributed by atoms with van der Waals surface area (Å²) in [6, 6.07) is 6.39. The van der Waals surface area contributed by atoms with E-state index in [1.807, 2.05) is 6.92 Å². The van der Waals surface area contributed by atoms with E-state index in [-0.39, 0.29) is 6.10 Å². The second-order valence-electron chi connectivity index (χ2n) is 3.55. The normalized spacial score (nSPS) is 13.0. The van der Waals surface area contributed by atoms with Crippen LogP contribution in [0.5, 0.6) is 0 Å². The Balaban J connectivity index is 2.85. The first-order chi connectivity index (χ1) is 5.58. The summed E-state index contributed by atoms with van der Waals surface area (Å²) < 4.78 is 0. The largest absolute Gasteiger partial charge is 0.393 e. The lowest BCUT2D eigenvalue weighted by Crippen LogP contribution is -2.04. The first-order valence-corrected chi connectivity index (χ1v) is 4.33. The molecular weight excluding hydrogens is 148 g/mol. The second kappa shape index (κ2) is 3.72. The fourth-order valence-corrected chi connectivity index (χ4v) is 1.53. The minimum atomic E-state index is -0.244. The van der Waals surface area contributed by atoms with Gasteiger partial charge in [-0.25, -0.2) is 0 Å². The van der Waals surface area contributed by atoms with E-state index >= 15 is 0 Å². The summed E-state index contributed by atoms with van der Waals surface area (Å²) in [6.45, 7) is 5.98. The number of aryl methyl sites for hydroxylation is 2. The summed E-state index contributed by atoms with van der Waals surface area (Å²) in [5.74, 6) is 0. The van der Waals surface area contributed by atoms with Crippen molar-refractivity contribution in [3.63, 3.8) is 0 Å². The van der Waals surface area contributed by atoms with E-state index in [0.717, 1.165) is 6.42 Å². The molecule has 0 aliphatic heterocycles. The Bertz CT molecular complexity index is 243. The van der Waals surface area contributed by atoms with Crippen molar-refractivity contribution in [3.8, 4) is 0 Å². The van der Waals surface area contributed by atoms with Crippen LogP contribution in [0.15, 0.2) is 18.2 Å². The molecular formula is C11H16O. The molecule has 1 rings (SSSR count). The molecule has 0 radical (unpaired) electrons. The number of benzene rings is 1. The van der Waals surface area contributed by atoms with Crippen molar-refractivity contribution in [2.24, 2.45) is 0 Å². The highest BCUT2D eigenvalue weighted by atomic mass is 16.3.